The van der Waals surface area contributed by atoms with Crippen LogP contribution in [-0.4, -0.2) is 19.5 Å². The van der Waals surface area contributed by atoms with E-state index in [0.29, 0.717) is 17.5 Å². The van der Waals surface area contributed by atoms with Crippen LogP contribution in [0.1, 0.15) is 0 Å². The quantitative estimate of drug-likeness (QED) is 0.173. The molecule has 0 spiro atoms. The van der Waals surface area contributed by atoms with Gasteiger partial charge < -0.3 is 4.57 Å². The van der Waals surface area contributed by atoms with Gasteiger partial charge in [-0.3, -0.25) is 0 Å². The normalized spacial score (nSPS) is 12.1. The molecule has 5 heterocycles. The summed E-state index contributed by atoms with van der Waals surface area (Å²) in [6.45, 7) is 0. The first-order valence-electron chi connectivity index (χ1n) is 21.3. The molecule has 0 amide bonds. The molecule has 14 aromatic rings. The second-order valence-electron chi connectivity index (χ2n) is 16.3. The molecule has 298 valence electrons. The number of aromatic nitrogens is 4. The van der Waals surface area contributed by atoms with Gasteiger partial charge in [0.25, 0.3) is 0 Å². The van der Waals surface area contributed by atoms with E-state index in [1.54, 1.807) is 0 Å². The molecule has 0 atom stereocenters. The molecule has 0 saturated heterocycles. The van der Waals surface area contributed by atoms with E-state index >= 15 is 0 Å². The fourth-order valence-electron chi connectivity index (χ4n) is 9.66. The third-order valence-electron chi connectivity index (χ3n) is 12.6. The lowest BCUT2D eigenvalue weighted by Crippen LogP contribution is -2.02. The van der Waals surface area contributed by atoms with Crippen molar-refractivity contribution in [1.82, 2.24) is 19.5 Å². The lowest BCUT2D eigenvalue weighted by Gasteiger charge is -2.15. The topological polar surface area (TPSA) is 43.6 Å². The first-order chi connectivity index (χ1) is 31.7. The average molecular weight is 869 g/mol. The number of rotatable bonds is 5. The predicted molar refractivity (Wildman–Crippen MR) is 275 cm³/mol. The van der Waals surface area contributed by atoms with Crippen LogP contribution < -0.4 is 0 Å². The molecule has 0 unspecified atom stereocenters. The molecule has 0 aliphatic rings. The highest BCUT2D eigenvalue weighted by atomic mass is 32.1. The monoisotopic (exact) mass is 868 g/mol. The van der Waals surface area contributed by atoms with Crippen LogP contribution in [0.2, 0.25) is 0 Å². The van der Waals surface area contributed by atoms with Gasteiger partial charge in [0.05, 0.1) is 15.7 Å². The number of thiophene rings is 3. The van der Waals surface area contributed by atoms with Crippen LogP contribution in [-0.2, 0) is 0 Å². The van der Waals surface area contributed by atoms with Crippen molar-refractivity contribution in [3.63, 3.8) is 0 Å². The molecule has 0 N–H and O–H groups in total. The second-order valence-corrected chi connectivity index (χ2v) is 19.6. The summed E-state index contributed by atoms with van der Waals surface area (Å²) in [4.78, 5) is 16.1. The standard InChI is InChI=1S/C57H32N4S3/c1-2-12-33(13-3-1)36-28-37(30-38(29-36)61-47-18-8-4-14-39(47)43-24-25-44-40-15-5-11-21-50(40)64-54(44)53(43)61)57-59-55(34-22-26-51-45(31-34)41-16-6-9-19-48(41)62-51)58-56(60-57)35-23-27-52-46(32-35)42-17-7-10-20-49(42)63-52/h1-32H. The molecule has 0 radical (unpaired) electrons. The summed E-state index contributed by atoms with van der Waals surface area (Å²) in [5.74, 6) is 1.91. The first-order valence-corrected chi connectivity index (χ1v) is 23.8. The Morgan fingerprint density at radius 1 is 0.297 bits per heavy atom. The smallest absolute Gasteiger partial charge is 0.164 e. The number of hydrogen-bond acceptors (Lipinski definition) is 6. The molecule has 0 fully saturated rings. The molecule has 0 aliphatic heterocycles. The van der Waals surface area contributed by atoms with Gasteiger partial charge in [-0.25, -0.2) is 15.0 Å². The van der Waals surface area contributed by atoms with E-state index < -0.39 is 0 Å². The molecule has 14 rings (SSSR count). The lowest BCUT2D eigenvalue weighted by molar-refractivity contribution is 1.07. The maximum atomic E-state index is 5.41. The lowest BCUT2D eigenvalue weighted by atomic mass is 10.0. The summed E-state index contributed by atoms with van der Waals surface area (Å²) in [5.41, 5.74) is 8.45. The van der Waals surface area contributed by atoms with Crippen LogP contribution in [0.5, 0.6) is 0 Å². The molecule has 4 nitrogen and oxygen atoms in total. The number of hydrogen-bond donors (Lipinski definition) is 0. The Hall–Kier alpha value is -7.55. The number of para-hydroxylation sites is 1. The minimum atomic E-state index is 0.623. The minimum Gasteiger partial charge on any atom is -0.308 e. The van der Waals surface area contributed by atoms with Crippen LogP contribution in [0.3, 0.4) is 0 Å². The summed E-state index contributed by atoms with van der Waals surface area (Å²) in [5, 5.41) is 9.92. The van der Waals surface area contributed by atoms with Crippen LogP contribution in [0.4, 0.5) is 0 Å². The highest BCUT2D eigenvalue weighted by Gasteiger charge is 2.21. The zero-order valence-electron chi connectivity index (χ0n) is 34.0. The van der Waals surface area contributed by atoms with E-state index in [9.17, 15) is 0 Å². The van der Waals surface area contributed by atoms with E-state index in [0.717, 1.165) is 39.0 Å². The van der Waals surface area contributed by atoms with Crippen molar-refractivity contribution >= 4 is 116 Å². The Kier molecular flexibility index (Phi) is 7.86. The Bertz CT molecular complexity index is 4080. The molecular weight excluding hydrogens is 837 g/mol. The molecule has 0 saturated carbocycles. The predicted octanol–water partition coefficient (Wildman–Crippen LogP) is 16.7. The van der Waals surface area contributed by atoms with Gasteiger partial charge in [-0.1, -0.05) is 115 Å². The van der Waals surface area contributed by atoms with Crippen molar-refractivity contribution in [2.24, 2.45) is 0 Å². The maximum Gasteiger partial charge on any atom is 0.164 e. The molecule has 0 bridgehead atoms. The van der Waals surface area contributed by atoms with Gasteiger partial charge in [0, 0.05) is 89.0 Å². The summed E-state index contributed by atoms with van der Waals surface area (Å²) >= 11 is 5.50. The molecule has 5 aromatic heterocycles. The van der Waals surface area contributed by atoms with Gasteiger partial charge in [0.15, 0.2) is 17.5 Å². The number of benzene rings is 9. The van der Waals surface area contributed by atoms with Gasteiger partial charge in [0.1, 0.15) is 0 Å². The molecule has 0 aliphatic carbocycles. The van der Waals surface area contributed by atoms with Gasteiger partial charge >= 0.3 is 0 Å². The van der Waals surface area contributed by atoms with Crippen molar-refractivity contribution < 1.29 is 0 Å². The Balaban J connectivity index is 1.05. The van der Waals surface area contributed by atoms with Crippen molar-refractivity contribution in [1.29, 1.82) is 0 Å². The summed E-state index contributed by atoms with van der Waals surface area (Å²) in [6, 6.07) is 70.2. The van der Waals surface area contributed by atoms with Gasteiger partial charge in [0.2, 0.25) is 0 Å². The SMILES string of the molecule is c1ccc(-c2cc(-c3nc(-c4ccc5sc6ccccc6c5c4)nc(-c4ccc5sc6ccccc6c5c4)n3)cc(-n3c4ccccc4c4ccc5c6ccccc6sc5c43)c2)cc1. The molecule has 7 heteroatoms. The van der Waals surface area contributed by atoms with Crippen molar-refractivity contribution in [2.45, 2.75) is 0 Å². The van der Waals surface area contributed by atoms with E-state index in [4.69, 9.17) is 15.0 Å². The first kappa shape index (κ1) is 36.0. The number of nitrogens with zero attached hydrogens (tertiary/aromatic N) is 4. The highest BCUT2D eigenvalue weighted by Crippen LogP contribution is 2.44. The van der Waals surface area contributed by atoms with Gasteiger partial charge in [-0.05, 0) is 90.0 Å². The van der Waals surface area contributed by atoms with Gasteiger partial charge in [-0.2, -0.15) is 0 Å². The Morgan fingerprint density at radius 2 is 0.781 bits per heavy atom. The van der Waals surface area contributed by atoms with Crippen LogP contribution >= 0.6 is 34.0 Å². The van der Waals surface area contributed by atoms with Crippen molar-refractivity contribution in [3.05, 3.63) is 194 Å². The summed E-state index contributed by atoms with van der Waals surface area (Å²) < 4.78 is 10.1. The Morgan fingerprint density at radius 3 is 1.42 bits per heavy atom. The van der Waals surface area contributed by atoms with E-state index in [1.165, 1.54) is 76.8 Å². The van der Waals surface area contributed by atoms with E-state index in [2.05, 4.69) is 199 Å². The highest BCUT2D eigenvalue weighted by molar-refractivity contribution is 7.27. The van der Waals surface area contributed by atoms with Crippen LogP contribution in [0.25, 0.3) is 133 Å². The average Bonchev–Trinajstić information content (AvgIpc) is 4.12. The second kappa shape index (κ2) is 14.0. The maximum absolute atomic E-state index is 5.41. The van der Waals surface area contributed by atoms with E-state index in [-0.39, 0.29) is 0 Å². The largest absolute Gasteiger partial charge is 0.308 e. The zero-order valence-corrected chi connectivity index (χ0v) is 36.4. The minimum absolute atomic E-state index is 0.623. The summed E-state index contributed by atoms with van der Waals surface area (Å²) in [7, 11) is 0. The van der Waals surface area contributed by atoms with E-state index in [1.807, 2.05) is 34.0 Å². The summed E-state index contributed by atoms with van der Waals surface area (Å²) in [6.07, 6.45) is 0. The third kappa shape index (κ3) is 5.55. The van der Waals surface area contributed by atoms with Crippen molar-refractivity contribution in [3.8, 4) is 51.0 Å². The van der Waals surface area contributed by atoms with Gasteiger partial charge in [-0.15, -0.1) is 34.0 Å². The number of fused-ring (bicyclic) bond motifs is 13. The van der Waals surface area contributed by atoms with Crippen LogP contribution in [0, 0.1) is 0 Å². The third-order valence-corrected chi connectivity index (χ3v) is 16.1. The van der Waals surface area contributed by atoms with Crippen molar-refractivity contribution in [2.75, 3.05) is 0 Å². The molecular formula is C57H32N4S3. The molecule has 9 aromatic carbocycles. The van der Waals surface area contributed by atoms with Crippen LogP contribution in [0.15, 0.2) is 194 Å². The molecule has 64 heavy (non-hydrogen) atoms. The Labute approximate surface area is 378 Å². The zero-order chi connectivity index (χ0) is 41.9. The fourth-order valence-corrected chi connectivity index (χ4v) is 13.1. The fraction of sp³-hybridized carbons (Fsp3) is 0.